The molecule has 0 atom stereocenters. The molecule has 0 fully saturated rings. The summed E-state index contributed by atoms with van der Waals surface area (Å²) in [5.74, 6) is -0.299. The monoisotopic (exact) mass is 276 g/mol. The largest absolute Gasteiger partial charge is 0.496 e. The molecule has 0 aliphatic rings. The van der Waals surface area contributed by atoms with Crippen LogP contribution in [0.15, 0.2) is 42.5 Å². The minimum absolute atomic E-state index is 0.0649. The highest BCUT2D eigenvalue weighted by Crippen LogP contribution is 2.27. The summed E-state index contributed by atoms with van der Waals surface area (Å²) in [6, 6.07) is 12.9. The van der Waals surface area contributed by atoms with Crippen molar-refractivity contribution in [3.63, 3.8) is 0 Å². The molecule has 0 aliphatic carbocycles. The first-order valence-corrected chi connectivity index (χ1v) is 6.12. The summed E-state index contributed by atoms with van der Waals surface area (Å²) in [4.78, 5) is 10.9. The highest BCUT2D eigenvalue weighted by atomic mass is 35.5. The molecule has 98 valence electrons. The molecule has 0 spiro atoms. The van der Waals surface area contributed by atoms with Crippen LogP contribution in [-0.4, -0.2) is 18.2 Å². The SMILES string of the molecule is COc1ccc(-c2ccc(Cl)cc2)cc1CC(=O)O. The van der Waals surface area contributed by atoms with Gasteiger partial charge in [0.25, 0.3) is 0 Å². The standard InChI is InChI=1S/C15H13ClO3/c1-19-14-7-4-11(8-12(14)9-15(17)18)10-2-5-13(16)6-3-10/h2-8H,9H2,1H3,(H,17,18). The molecule has 0 amide bonds. The number of halogens is 1. The lowest BCUT2D eigenvalue weighted by Gasteiger charge is -2.09. The number of benzene rings is 2. The number of carbonyl (C=O) groups is 1. The number of hydrogen-bond acceptors (Lipinski definition) is 2. The van der Waals surface area contributed by atoms with Crippen molar-refractivity contribution in [3.8, 4) is 16.9 Å². The van der Waals surface area contributed by atoms with Gasteiger partial charge in [0.2, 0.25) is 0 Å². The van der Waals surface area contributed by atoms with Gasteiger partial charge in [-0.05, 0) is 35.4 Å². The molecule has 0 aromatic heterocycles. The van der Waals surface area contributed by atoms with Crippen molar-refractivity contribution < 1.29 is 14.6 Å². The molecule has 0 heterocycles. The van der Waals surface area contributed by atoms with Crippen molar-refractivity contribution >= 4 is 17.6 Å². The summed E-state index contributed by atoms with van der Waals surface area (Å²) < 4.78 is 5.17. The Bertz CT molecular complexity index is 591. The molecule has 2 aromatic carbocycles. The fraction of sp³-hybridized carbons (Fsp3) is 0.133. The van der Waals surface area contributed by atoms with E-state index in [0.717, 1.165) is 11.1 Å². The summed E-state index contributed by atoms with van der Waals surface area (Å²) in [6.07, 6.45) is -0.0649. The zero-order valence-electron chi connectivity index (χ0n) is 10.4. The lowest BCUT2D eigenvalue weighted by molar-refractivity contribution is -0.136. The summed E-state index contributed by atoms with van der Waals surface area (Å²) in [5, 5.41) is 9.58. The van der Waals surface area contributed by atoms with Crippen LogP contribution in [0.2, 0.25) is 5.02 Å². The van der Waals surface area contributed by atoms with E-state index in [1.54, 1.807) is 18.2 Å². The van der Waals surface area contributed by atoms with Crippen molar-refractivity contribution in [2.45, 2.75) is 6.42 Å². The van der Waals surface area contributed by atoms with Gasteiger partial charge in [-0.3, -0.25) is 4.79 Å². The molecule has 2 rings (SSSR count). The molecule has 0 saturated heterocycles. The van der Waals surface area contributed by atoms with Crippen LogP contribution in [0.5, 0.6) is 5.75 Å². The molecule has 4 heteroatoms. The predicted molar refractivity (Wildman–Crippen MR) is 74.8 cm³/mol. The summed E-state index contributed by atoms with van der Waals surface area (Å²) in [5.41, 5.74) is 2.58. The highest BCUT2D eigenvalue weighted by molar-refractivity contribution is 6.30. The molecule has 0 aliphatic heterocycles. The molecule has 1 N–H and O–H groups in total. The minimum atomic E-state index is -0.883. The zero-order chi connectivity index (χ0) is 13.8. The normalized spacial score (nSPS) is 10.2. The molecule has 0 unspecified atom stereocenters. The molecule has 19 heavy (non-hydrogen) atoms. The summed E-state index contributed by atoms with van der Waals surface area (Å²) >= 11 is 5.85. The Hall–Kier alpha value is -2.00. The Kier molecular flexibility index (Phi) is 4.07. The maximum Gasteiger partial charge on any atom is 0.307 e. The fourth-order valence-corrected chi connectivity index (χ4v) is 2.03. The first-order chi connectivity index (χ1) is 9.10. The van der Waals surface area contributed by atoms with Crippen LogP contribution in [0.4, 0.5) is 0 Å². The number of rotatable bonds is 4. The fourth-order valence-electron chi connectivity index (χ4n) is 1.90. The molecular formula is C15H13ClO3. The van der Waals surface area contributed by atoms with Crippen molar-refractivity contribution in [1.82, 2.24) is 0 Å². The number of carboxylic acids is 1. The molecule has 0 radical (unpaired) electrons. The second-order valence-electron chi connectivity index (χ2n) is 4.10. The third-order valence-electron chi connectivity index (χ3n) is 2.80. The van der Waals surface area contributed by atoms with E-state index in [1.807, 2.05) is 24.3 Å². The lowest BCUT2D eigenvalue weighted by Crippen LogP contribution is -2.02. The molecule has 3 nitrogen and oxygen atoms in total. The van der Waals surface area contributed by atoms with E-state index in [9.17, 15) is 4.79 Å². The third-order valence-corrected chi connectivity index (χ3v) is 3.05. The quantitative estimate of drug-likeness (QED) is 0.927. The Morgan fingerprint density at radius 3 is 2.37 bits per heavy atom. The van der Waals surface area contributed by atoms with Crippen LogP contribution in [0.25, 0.3) is 11.1 Å². The Labute approximate surface area is 116 Å². The number of hydrogen-bond donors (Lipinski definition) is 1. The Morgan fingerprint density at radius 1 is 1.16 bits per heavy atom. The Morgan fingerprint density at radius 2 is 1.79 bits per heavy atom. The van der Waals surface area contributed by atoms with E-state index in [4.69, 9.17) is 21.4 Å². The van der Waals surface area contributed by atoms with Crippen LogP contribution >= 0.6 is 11.6 Å². The zero-order valence-corrected chi connectivity index (χ0v) is 11.1. The molecule has 0 saturated carbocycles. The number of ether oxygens (including phenoxy) is 1. The Balaban J connectivity index is 2.42. The van der Waals surface area contributed by atoms with Crippen LogP contribution in [0.1, 0.15) is 5.56 Å². The van der Waals surface area contributed by atoms with Gasteiger partial charge < -0.3 is 9.84 Å². The van der Waals surface area contributed by atoms with Gasteiger partial charge in [0.15, 0.2) is 0 Å². The van der Waals surface area contributed by atoms with Gasteiger partial charge in [0.1, 0.15) is 5.75 Å². The van der Waals surface area contributed by atoms with Crippen LogP contribution in [-0.2, 0) is 11.2 Å². The van der Waals surface area contributed by atoms with E-state index >= 15 is 0 Å². The van der Waals surface area contributed by atoms with E-state index < -0.39 is 5.97 Å². The first kappa shape index (κ1) is 13.4. The average molecular weight is 277 g/mol. The maximum absolute atomic E-state index is 10.9. The van der Waals surface area contributed by atoms with Crippen molar-refractivity contribution in [2.75, 3.05) is 7.11 Å². The molecular weight excluding hydrogens is 264 g/mol. The molecule has 2 aromatic rings. The summed E-state index contributed by atoms with van der Waals surface area (Å²) in [6.45, 7) is 0. The predicted octanol–water partition coefficient (Wildman–Crippen LogP) is 3.64. The van der Waals surface area contributed by atoms with Crippen molar-refractivity contribution in [1.29, 1.82) is 0 Å². The van der Waals surface area contributed by atoms with Gasteiger partial charge in [0.05, 0.1) is 13.5 Å². The number of methoxy groups -OCH3 is 1. The van der Waals surface area contributed by atoms with Crippen LogP contribution < -0.4 is 4.74 Å². The van der Waals surface area contributed by atoms with E-state index in [0.29, 0.717) is 16.3 Å². The van der Waals surface area contributed by atoms with Crippen molar-refractivity contribution in [2.24, 2.45) is 0 Å². The summed E-state index contributed by atoms with van der Waals surface area (Å²) in [7, 11) is 1.53. The first-order valence-electron chi connectivity index (χ1n) is 5.75. The smallest absolute Gasteiger partial charge is 0.307 e. The van der Waals surface area contributed by atoms with Crippen molar-refractivity contribution in [3.05, 3.63) is 53.1 Å². The van der Waals surface area contributed by atoms with E-state index in [1.165, 1.54) is 7.11 Å². The van der Waals surface area contributed by atoms with Gasteiger partial charge in [-0.15, -0.1) is 0 Å². The maximum atomic E-state index is 10.9. The van der Waals surface area contributed by atoms with Gasteiger partial charge in [-0.2, -0.15) is 0 Å². The second-order valence-corrected chi connectivity index (χ2v) is 4.54. The van der Waals surface area contributed by atoms with Crippen LogP contribution in [0.3, 0.4) is 0 Å². The second kappa shape index (κ2) is 5.76. The lowest BCUT2D eigenvalue weighted by atomic mass is 10.0. The van der Waals surface area contributed by atoms with Gasteiger partial charge in [-0.1, -0.05) is 29.8 Å². The average Bonchev–Trinajstić information content (AvgIpc) is 2.39. The minimum Gasteiger partial charge on any atom is -0.496 e. The topological polar surface area (TPSA) is 46.5 Å². The number of aliphatic carboxylic acids is 1. The van der Waals surface area contributed by atoms with E-state index in [-0.39, 0.29) is 6.42 Å². The number of carboxylic acid groups (broad SMARTS) is 1. The van der Waals surface area contributed by atoms with Gasteiger partial charge in [0, 0.05) is 10.6 Å². The highest BCUT2D eigenvalue weighted by Gasteiger charge is 2.09. The van der Waals surface area contributed by atoms with Crippen LogP contribution in [0, 0.1) is 0 Å². The van der Waals surface area contributed by atoms with Gasteiger partial charge >= 0.3 is 5.97 Å². The third kappa shape index (κ3) is 3.26. The van der Waals surface area contributed by atoms with E-state index in [2.05, 4.69) is 0 Å². The molecule has 0 bridgehead atoms. The van der Waals surface area contributed by atoms with Gasteiger partial charge in [-0.25, -0.2) is 0 Å².